The second-order valence-corrected chi connectivity index (χ2v) is 6.66. The first-order valence-electron chi connectivity index (χ1n) is 9.03. The van der Waals surface area contributed by atoms with Crippen LogP contribution in [0.15, 0.2) is 36.8 Å². The Balaban J connectivity index is 1.67. The van der Waals surface area contributed by atoms with Gasteiger partial charge in [-0.1, -0.05) is 0 Å². The molecule has 3 aromatic rings. The molecule has 3 aromatic heterocycles. The molecule has 4 heterocycles. The minimum Gasteiger partial charge on any atom is -0.496 e. The lowest BCUT2D eigenvalue weighted by atomic mass is 9.97. The highest BCUT2D eigenvalue weighted by molar-refractivity contribution is 6.06. The van der Waals surface area contributed by atoms with E-state index in [1.165, 1.54) is 0 Å². The molecule has 1 fully saturated rings. The molecule has 1 saturated heterocycles. The number of hydrogen-bond acceptors (Lipinski definition) is 5. The van der Waals surface area contributed by atoms with Crippen molar-refractivity contribution >= 4 is 17.2 Å². The van der Waals surface area contributed by atoms with Crippen LogP contribution < -0.4 is 10.1 Å². The monoisotopic (exact) mass is 366 g/mol. The molecule has 0 unspecified atom stereocenters. The van der Waals surface area contributed by atoms with Crippen LogP contribution in [0.2, 0.25) is 0 Å². The third-order valence-corrected chi connectivity index (χ3v) is 4.93. The number of anilines is 1. The third kappa shape index (κ3) is 3.50. The molecule has 1 aliphatic rings. The zero-order valence-electron chi connectivity index (χ0n) is 15.4. The van der Waals surface area contributed by atoms with Crippen LogP contribution in [-0.4, -0.2) is 40.6 Å². The van der Waals surface area contributed by atoms with E-state index >= 15 is 0 Å². The first-order valence-corrected chi connectivity index (χ1v) is 9.03. The normalized spacial score (nSPS) is 15.0. The number of carbonyl (C=O) groups excluding carboxylic acids is 1. The fourth-order valence-electron chi connectivity index (χ4n) is 3.37. The number of rotatable bonds is 4. The Kier molecular flexibility index (Phi) is 4.77. The molecule has 1 aliphatic heterocycles. The maximum Gasteiger partial charge on any atom is 0.260 e. The lowest BCUT2D eigenvalue weighted by Crippen LogP contribution is -2.15. The molecule has 140 valence electrons. The van der Waals surface area contributed by atoms with Crippen LogP contribution in [0.3, 0.4) is 0 Å². The summed E-state index contributed by atoms with van der Waals surface area (Å²) < 4.78 is 12.8. The number of amides is 1. The molecule has 7 heteroatoms. The van der Waals surface area contributed by atoms with Gasteiger partial charge in [0.15, 0.2) is 0 Å². The molecule has 4 rings (SSSR count). The predicted octanol–water partition coefficient (Wildman–Crippen LogP) is 3.19. The quantitative estimate of drug-likeness (QED) is 0.767. The van der Waals surface area contributed by atoms with E-state index in [0.717, 1.165) is 43.1 Å². The fraction of sp³-hybridized carbons (Fsp3) is 0.350. The van der Waals surface area contributed by atoms with Gasteiger partial charge < -0.3 is 19.2 Å². The summed E-state index contributed by atoms with van der Waals surface area (Å²) in [4.78, 5) is 21.8. The van der Waals surface area contributed by atoms with Crippen molar-refractivity contribution in [2.45, 2.75) is 25.7 Å². The zero-order valence-corrected chi connectivity index (χ0v) is 15.4. The Morgan fingerprint density at radius 2 is 2.15 bits per heavy atom. The van der Waals surface area contributed by atoms with Crippen LogP contribution >= 0.6 is 0 Å². The summed E-state index contributed by atoms with van der Waals surface area (Å²) in [6.07, 6.45) is 7.39. The van der Waals surface area contributed by atoms with E-state index in [0.29, 0.717) is 22.9 Å². The van der Waals surface area contributed by atoms with E-state index < -0.39 is 0 Å². The largest absolute Gasteiger partial charge is 0.496 e. The van der Waals surface area contributed by atoms with Gasteiger partial charge in [0.25, 0.3) is 5.91 Å². The average molecular weight is 366 g/mol. The molecular formula is C20H22N4O3. The van der Waals surface area contributed by atoms with Gasteiger partial charge in [-0.25, -0.2) is 4.98 Å². The average Bonchev–Trinajstić information content (AvgIpc) is 3.12. The van der Waals surface area contributed by atoms with Gasteiger partial charge in [0, 0.05) is 43.8 Å². The molecule has 7 nitrogen and oxygen atoms in total. The maximum atomic E-state index is 12.8. The van der Waals surface area contributed by atoms with E-state index in [1.54, 1.807) is 31.6 Å². The molecule has 0 aromatic carbocycles. The zero-order chi connectivity index (χ0) is 18.8. The van der Waals surface area contributed by atoms with Crippen molar-refractivity contribution in [3.63, 3.8) is 0 Å². The molecule has 0 bridgehead atoms. The molecule has 0 spiro atoms. The van der Waals surface area contributed by atoms with E-state index in [-0.39, 0.29) is 5.91 Å². The highest BCUT2D eigenvalue weighted by Crippen LogP contribution is 2.28. The Morgan fingerprint density at radius 3 is 2.89 bits per heavy atom. The predicted molar refractivity (Wildman–Crippen MR) is 101 cm³/mol. The van der Waals surface area contributed by atoms with Crippen molar-refractivity contribution in [2.24, 2.45) is 0 Å². The molecule has 0 saturated carbocycles. The molecule has 1 amide bonds. The molecular weight excluding hydrogens is 344 g/mol. The molecule has 0 aliphatic carbocycles. The molecule has 27 heavy (non-hydrogen) atoms. The standard InChI is InChI=1S/C20H22N4O3/c1-13-16(4-3-7-21-13)23-20(25)15-11-24-12-17(14-5-8-27-9-6-14)22-19(24)10-18(15)26-2/h3-4,7,10-12,14H,5-6,8-9H2,1-2H3,(H,23,25). The van der Waals surface area contributed by atoms with Gasteiger partial charge in [0.1, 0.15) is 11.4 Å². The van der Waals surface area contributed by atoms with Crippen LogP contribution in [0.5, 0.6) is 5.75 Å². The lowest BCUT2D eigenvalue weighted by Gasteiger charge is -2.19. The summed E-state index contributed by atoms with van der Waals surface area (Å²) in [6, 6.07) is 5.42. The maximum absolute atomic E-state index is 12.8. The van der Waals surface area contributed by atoms with E-state index in [9.17, 15) is 4.79 Å². The van der Waals surface area contributed by atoms with Gasteiger partial charge in [0.2, 0.25) is 0 Å². The fourth-order valence-corrected chi connectivity index (χ4v) is 3.37. The van der Waals surface area contributed by atoms with Gasteiger partial charge in [-0.3, -0.25) is 9.78 Å². The number of nitrogens with zero attached hydrogens (tertiary/aromatic N) is 3. The highest BCUT2D eigenvalue weighted by Gasteiger charge is 2.21. The number of aromatic nitrogens is 3. The third-order valence-electron chi connectivity index (χ3n) is 4.93. The first kappa shape index (κ1) is 17.5. The van der Waals surface area contributed by atoms with E-state index in [2.05, 4.69) is 10.3 Å². The van der Waals surface area contributed by atoms with Gasteiger partial charge in [0.05, 0.1) is 29.7 Å². The minimum absolute atomic E-state index is 0.244. The highest BCUT2D eigenvalue weighted by atomic mass is 16.5. The van der Waals surface area contributed by atoms with Crippen LogP contribution in [0.1, 0.15) is 40.5 Å². The lowest BCUT2D eigenvalue weighted by molar-refractivity contribution is 0.0846. The van der Waals surface area contributed by atoms with Crippen LogP contribution in [-0.2, 0) is 4.74 Å². The molecule has 1 N–H and O–H groups in total. The van der Waals surface area contributed by atoms with E-state index in [1.807, 2.05) is 23.6 Å². The number of pyridine rings is 2. The smallest absolute Gasteiger partial charge is 0.260 e. The van der Waals surface area contributed by atoms with Crippen LogP contribution in [0, 0.1) is 6.92 Å². The van der Waals surface area contributed by atoms with Crippen molar-refractivity contribution in [1.82, 2.24) is 14.4 Å². The number of hydrogen-bond donors (Lipinski definition) is 1. The van der Waals surface area contributed by atoms with Crippen molar-refractivity contribution in [2.75, 3.05) is 25.6 Å². The van der Waals surface area contributed by atoms with Crippen molar-refractivity contribution in [3.05, 3.63) is 53.7 Å². The van der Waals surface area contributed by atoms with Gasteiger partial charge in [-0.05, 0) is 31.9 Å². The number of fused-ring (bicyclic) bond motifs is 1. The number of ether oxygens (including phenoxy) is 2. The SMILES string of the molecule is COc1cc2nc(C3CCOCC3)cn2cc1C(=O)Nc1cccnc1C. The summed E-state index contributed by atoms with van der Waals surface area (Å²) in [6.45, 7) is 3.38. The summed E-state index contributed by atoms with van der Waals surface area (Å²) in [7, 11) is 1.56. The summed E-state index contributed by atoms with van der Waals surface area (Å²) in [5.41, 5.74) is 3.68. The van der Waals surface area contributed by atoms with Crippen molar-refractivity contribution in [1.29, 1.82) is 0 Å². The number of aryl methyl sites for hydroxylation is 1. The summed E-state index contributed by atoms with van der Waals surface area (Å²) >= 11 is 0. The Morgan fingerprint density at radius 1 is 1.33 bits per heavy atom. The Hall–Kier alpha value is -2.93. The number of methoxy groups -OCH3 is 1. The topological polar surface area (TPSA) is 77.8 Å². The number of carbonyl (C=O) groups is 1. The second kappa shape index (κ2) is 7.36. The second-order valence-electron chi connectivity index (χ2n) is 6.66. The van der Waals surface area contributed by atoms with E-state index in [4.69, 9.17) is 14.5 Å². The van der Waals surface area contributed by atoms with Gasteiger partial charge in [-0.2, -0.15) is 0 Å². The van der Waals surface area contributed by atoms with Crippen molar-refractivity contribution in [3.8, 4) is 5.75 Å². The van der Waals surface area contributed by atoms with Crippen molar-refractivity contribution < 1.29 is 14.3 Å². The van der Waals surface area contributed by atoms with Gasteiger partial charge in [-0.15, -0.1) is 0 Å². The van der Waals surface area contributed by atoms with Crippen LogP contribution in [0.25, 0.3) is 5.65 Å². The molecule has 0 atom stereocenters. The van der Waals surface area contributed by atoms with Crippen LogP contribution in [0.4, 0.5) is 5.69 Å². The minimum atomic E-state index is -0.244. The number of imidazole rings is 1. The summed E-state index contributed by atoms with van der Waals surface area (Å²) in [5.74, 6) is 0.636. The Labute approximate surface area is 157 Å². The Bertz CT molecular complexity index is 977. The van der Waals surface area contributed by atoms with Gasteiger partial charge >= 0.3 is 0 Å². The molecule has 0 radical (unpaired) electrons. The first-order chi connectivity index (χ1) is 13.2. The number of nitrogens with one attached hydrogen (secondary N) is 1. The summed E-state index contributed by atoms with van der Waals surface area (Å²) in [5, 5.41) is 2.90.